The van der Waals surface area contributed by atoms with E-state index in [9.17, 15) is 8.42 Å². The second kappa shape index (κ2) is 3.73. The Morgan fingerprint density at radius 2 is 2.10 bits per heavy atom. The lowest BCUT2D eigenvalue weighted by atomic mass is 10.4. The first-order valence-corrected chi connectivity index (χ1v) is 4.76. The smallest absolute Gasteiger partial charge is 0.156 e. The Kier molecular flexibility index (Phi) is 3.60. The molecule has 0 heterocycles. The molecule has 4 heteroatoms. The molecule has 0 aliphatic heterocycles. The predicted octanol–water partition coefficient (Wildman–Crippen LogP) is -0.0304. The summed E-state index contributed by atoms with van der Waals surface area (Å²) >= 11 is 0. The van der Waals surface area contributed by atoms with Gasteiger partial charge in [-0.2, -0.15) is 0 Å². The van der Waals surface area contributed by atoms with E-state index in [1.54, 1.807) is 6.92 Å². The van der Waals surface area contributed by atoms with Gasteiger partial charge < -0.3 is 5.11 Å². The largest absolute Gasteiger partial charge is 0.395 e. The van der Waals surface area contributed by atoms with Gasteiger partial charge in [0.1, 0.15) is 0 Å². The van der Waals surface area contributed by atoms with Gasteiger partial charge >= 0.3 is 0 Å². The van der Waals surface area contributed by atoms with Gasteiger partial charge in [-0.15, -0.1) is 0 Å². The Labute approximate surface area is 61.3 Å². The summed E-state index contributed by atoms with van der Waals surface area (Å²) in [6.45, 7) is 4.80. The Bertz CT molecular complexity index is 203. The Balaban J connectivity index is 4.02. The fraction of sp³-hybridized carbons (Fsp3) is 0.667. The lowest BCUT2D eigenvalue weighted by Gasteiger charge is -1.99. The van der Waals surface area contributed by atoms with Crippen molar-refractivity contribution in [3.63, 3.8) is 0 Å². The quantitative estimate of drug-likeness (QED) is 0.594. The molecule has 0 fully saturated rings. The summed E-state index contributed by atoms with van der Waals surface area (Å²) in [5.41, 5.74) is 0.605. The highest BCUT2D eigenvalue weighted by atomic mass is 32.2. The molecular formula is C6H12O3S. The topological polar surface area (TPSA) is 54.4 Å². The molecule has 0 rings (SSSR count). The highest BCUT2D eigenvalue weighted by Crippen LogP contribution is 1.96. The first-order chi connectivity index (χ1) is 4.48. The van der Waals surface area contributed by atoms with Crippen molar-refractivity contribution in [1.29, 1.82) is 0 Å². The molecule has 0 aromatic heterocycles. The van der Waals surface area contributed by atoms with Crippen LogP contribution in [0.4, 0.5) is 0 Å². The van der Waals surface area contributed by atoms with Gasteiger partial charge in [0.05, 0.1) is 18.1 Å². The molecule has 0 bridgehead atoms. The number of hydrogen-bond acceptors (Lipinski definition) is 3. The maximum absolute atomic E-state index is 10.8. The fourth-order valence-corrected chi connectivity index (χ4v) is 1.76. The van der Waals surface area contributed by atoms with Crippen molar-refractivity contribution in [2.75, 3.05) is 18.1 Å². The fourth-order valence-electron chi connectivity index (χ4n) is 0.587. The SMILES string of the molecule is C=C(C)CS(=O)(=O)CCO. The summed E-state index contributed by atoms with van der Waals surface area (Å²) in [6, 6.07) is 0. The van der Waals surface area contributed by atoms with Gasteiger partial charge in [-0.25, -0.2) is 8.42 Å². The van der Waals surface area contributed by atoms with Gasteiger partial charge in [0.25, 0.3) is 0 Å². The van der Waals surface area contributed by atoms with Crippen molar-refractivity contribution in [3.05, 3.63) is 12.2 Å². The zero-order valence-electron chi connectivity index (χ0n) is 6.00. The van der Waals surface area contributed by atoms with E-state index in [1.165, 1.54) is 0 Å². The standard InChI is InChI=1S/C6H12O3S/c1-6(2)5-10(8,9)4-3-7/h7H,1,3-5H2,2H3. The molecule has 0 radical (unpaired) electrons. The molecule has 0 unspecified atom stereocenters. The van der Waals surface area contributed by atoms with Crippen molar-refractivity contribution in [1.82, 2.24) is 0 Å². The van der Waals surface area contributed by atoms with Crippen LogP contribution in [0.2, 0.25) is 0 Å². The maximum atomic E-state index is 10.8. The second-order valence-corrected chi connectivity index (χ2v) is 4.46. The van der Waals surface area contributed by atoms with Gasteiger partial charge in [0.2, 0.25) is 0 Å². The minimum atomic E-state index is -3.08. The third-order valence-electron chi connectivity index (χ3n) is 0.869. The van der Waals surface area contributed by atoms with Crippen molar-refractivity contribution in [2.45, 2.75) is 6.92 Å². The molecule has 0 atom stereocenters. The summed E-state index contributed by atoms with van der Waals surface area (Å²) in [5, 5.41) is 8.31. The van der Waals surface area contributed by atoms with Crippen LogP contribution in [0.15, 0.2) is 12.2 Å². The second-order valence-electron chi connectivity index (χ2n) is 2.27. The molecule has 0 aliphatic rings. The lowest BCUT2D eigenvalue weighted by molar-refractivity contribution is 0.319. The molecule has 1 N–H and O–H groups in total. The molecule has 0 amide bonds. The summed E-state index contributed by atoms with van der Waals surface area (Å²) in [5.74, 6) is -0.187. The molecule has 0 aliphatic carbocycles. The van der Waals surface area contributed by atoms with Crippen molar-refractivity contribution >= 4 is 9.84 Å². The highest BCUT2D eigenvalue weighted by Gasteiger charge is 2.08. The molecule has 0 aromatic rings. The van der Waals surface area contributed by atoms with E-state index >= 15 is 0 Å². The minimum absolute atomic E-state index is 0.0203. The van der Waals surface area contributed by atoms with Gasteiger partial charge in [0.15, 0.2) is 9.84 Å². The van der Waals surface area contributed by atoms with Crippen LogP contribution in [0.1, 0.15) is 6.92 Å². The molecule has 3 nitrogen and oxygen atoms in total. The van der Waals surface area contributed by atoms with Gasteiger partial charge in [-0.1, -0.05) is 12.2 Å². The van der Waals surface area contributed by atoms with E-state index in [0.29, 0.717) is 5.57 Å². The van der Waals surface area contributed by atoms with Gasteiger partial charge in [-0.3, -0.25) is 0 Å². The first-order valence-electron chi connectivity index (χ1n) is 2.93. The van der Waals surface area contributed by atoms with Crippen LogP contribution >= 0.6 is 0 Å². The first kappa shape index (κ1) is 9.65. The van der Waals surface area contributed by atoms with Crippen LogP contribution in [-0.2, 0) is 9.84 Å². The highest BCUT2D eigenvalue weighted by molar-refractivity contribution is 7.91. The van der Waals surface area contributed by atoms with Crippen LogP contribution in [0.25, 0.3) is 0 Å². The number of sulfone groups is 1. The zero-order chi connectivity index (χ0) is 8.20. The monoisotopic (exact) mass is 164 g/mol. The van der Waals surface area contributed by atoms with Crippen molar-refractivity contribution in [2.24, 2.45) is 0 Å². The minimum Gasteiger partial charge on any atom is -0.395 e. The molecule has 0 saturated carbocycles. The van der Waals surface area contributed by atoms with E-state index < -0.39 is 9.84 Å². The third-order valence-corrected chi connectivity index (χ3v) is 2.61. The normalized spacial score (nSPS) is 11.4. The Morgan fingerprint density at radius 1 is 1.60 bits per heavy atom. The number of hydrogen-bond donors (Lipinski definition) is 1. The maximum Gasteiger partial charge on any atom is 0.156 e. The lowest BCUT2D eigenvalue weighted by Crippen LogP contribution is -2.14. The van der Waals surface area contributed by atoms with E-state index in [-0.39, 0.29) is 18.1 Å². The van der Waals surface area contributed by atoms with Crippen molar-refractivity contribution < 1.29 is 13.5 Å². The molecule has 0 spiro atoms. The molecular weight excluding hydrogens is 152 g/mol. The van der Waals surface area contributed by atoms with Gasteiger partial charge in [0, 0.05) is 0 Å². The van der Waals surface area contributed by atoms with Crippen LogP contribution in [0.3, 0.4) is 0 Å². The Hall–Kier alpha value is -0.350. The number of aliphatic hydroxyl groups excluding tert-OH is 1. The molecule has 0 saturated heterocycles. The summed E-state index contributed by atoms with van der Waals surface area (Å²) < 4.78 is 21.6. The molecule has 60 valence electrons. The number of rotatable bonds is 4. The summed E-state index contributed by atoms with van der Waals surface area (Å²) in [6.07, 6.45) is 0. The van der Waals surface area contributed by atoms with Crippen LogP contribution in [0.5, 0.6) is 0 Å². The van der Waals surface area contributed by atoms with Crippen LogP contribution in [-0.4, -0.2) is 31.6 Å². The van der Waals surface area contributed by atoms with E-state index in [0.717, 1.165) is 0 Å². The third kappa shape index (κ3) is 4.52. The average Bonchev–Trinajstić information content (AvgIpc) is 1.59. The van der Waals surface area contributed by atoms with Gasteiger partial charge in [-0.05, 0) is 6.92 Å². The Morgan fingerprint density at radius 3 is 2.40 bits per heavy atom. The summed E-state index contributed by atoms with van der Waals surface area (Å²) in [4.78, 5) is 0. The zero-order valence-corrected chi connectivity index (χ0v) is 6.82. The van der Waals surface area contributed by atoms with E-state index in [2.05, 4.69) is 6.58 Å². The number of aliphatic hydroxyl groups is 1. The van der Waals surface area contributed by atoms with E-state index in [1.807, 2.05) is 0 Å². The van der Waals surface area contributed by atoms with Crippen molar-refractivity contribution in [3.8, 4) is 0 Å². The average molecular weight is 164 g/mol. The summed E-state index contributed by atoms with van der Waals surface area (Å²) in [7, 11) is -3.08. The molecule has 10 heavy (non-hydrogen) atoms. The van der Waals surface area contributed by atoms with E-state index in [4.69, 9.17) is 5.11 Å². The van der Waals surface area contributed by atoms with Crippen LogP contribution < -0.4 is 0 Å². The van der Waals surface area contributed by atoms with Crippen LogP contribution in [0, 0.1) is 0 Å². The molecule has 0 aromatic carbocycles. The predicted molar refractivity (Wildman–Crippen MR) is 40.6 cm³/mol.